The zero-order valence-electron chi connectivity index (χ0n) is 26.3. The summed E-state index contributed by atoms with van der Waals surface area (Å²) in [6.45, 7) is 0. The lowest BCUT2D eigenvalue weighted by atomic mass is 9.66. The molecule has 2 aromatic heterocycles. The molecule has 0 fully saturated rings. The number of hydrogen-bond donors (Lipinski definition) is 0. The Morgan fingerprint density at radius 3 is 1.86 bits per heavy atom. The number of para-hydroxylation sites is 5. The van der Waals surface area contributed by atoms with E-state index >= 15 is 0 Å². The molecule has 0 N–H and O–H groups in total. The number of nitrogens with zero attached hydrogens (tertiary/aromatic N) is 3. The van der Waals surface area contributed by atoms with Gasteiger partial charge in [0.15, 0.2) is 5.82 Å². The van der Waals surface area contributed by atoms with Gasteiger partial charge >= 0.3 is 0 Å². The van der Waals surface area contributed by atoms with Gasteiger partial charge in [-0.15, -0.1) is 0 Å². The molecular formula is C45H27N3O. The monoisotopic (exact) mass is 625 g/mol. The molecule has 0 unspecified atom stereocenters. The van der Waals surface area contributed by atoms with Crippen molar-refractivity contribution in [3.8, 4) is 39.7 Å². The second-order valence-electron chi connectivity index (χ2n) is 12.9. The molecular weight excluding hydrogens is 599 g/mol. The Balaban J connectivity index is 1.36. The maximum atomic E-state index is 6.60. The number of rotatable bonds is 2. The highest BCUT2D eigenvalue weighted by Crippen LogP contribution is 2.63. The molecule has 49 heavy (non-hydrogen) atoms. The van der Waals surface area contributed by atoms with Crippen molar-refractivity contribution in [1.82, 2.24) is 14.5 Å². The molecule has 3 heterocycles. The molecule has 228 valence electrons. The van der Waals surface area contributed by atoms with Gasteiger partial charge in [0.2, 0.25) is 0 Å². The minimum Gasteiger partial charge on any atom is -0.457 e. The fraction of sp³-hybridized carbons (Fsp3) is 0.0222. The van der Waals surface area contributed by atoms with Gasteiger partial charge in [0.1, 0.15) is 17.2 Å². The first-order chi connectivity index (χ1) is 24.3. The van der Waals surface area contributed by atoms with Crippen molar-refractivity contribution in [2.75, 3.05) is 0 Å². The van der Waals surface area contributed by atoms with Crippen LogP contribution in [-0.4, -0.2) is 14.5 Å². The molecule has 7 aromatic carbocycles. The highest BCUT2D eigenvalue weighted by molar-refractivity contribution is 6.16. The predicted octanol–water partition coefficient (Wildman–Crippen LogP) is 10.9. The third-order valence-corrected chi connectivity index (χ3v) is 10.5. The van der Waals surface area contributed by atoms with Crippen molar-refractivity contribution < 1.29 is 4.74 Å². The van der Waals surface area contributed by atoms with Gasteiger partial charge < -0.3 is 4.74 Å². The SMILES string of the molecule is c1ccc(-c2nc3ccccc3nc2-n2c3ccccc3c3ccc4c(c32)-c2ccccc2C42c3ccccc3Oc3ccccc32)cc1. The molecule has 0 atom stereocenters. The van der Waals surface area contributed by atoms with E-state index in [1.165, 1.54) is 33.0 Å². The minimum atomic E-state index is -0.565. The summed E-state index contributed by atoms with van der Waals surface area (Å²) in [6.07, 6.45) is 0. The van der Waals surface area contributed by atoms with E-state index in [-0.39, 0.29) is 0 Å². The molecule has 2 aliphatic rings. The molecule has 0 saturated carbocycles. The number of fused-ring (bicyclic) bond motifs is 14. The van der Waals surface area contributed by atoms with Gasteiger partial charge in [-0.3, -0.25) is 4.57 Å². The molecule has 1 aliphatic heterocycles. The average Bonchev–Trinajstić information content (AvgIpc) is 3.66. The lowest BCUT2D eigenvalue weighted by Crippen LogP contribution is -2.32. The summed E-state index contributed by atoms with van der Waals surface area (Å²) in [5.74, 6) is 2.59. The zero-order valence-corrected chi connectivity index (χ0v) is 26.3. The van der Waals surface area contributed by atoms with Crippen molar-refractivity contribution in [1.29, 1.82) is 0 Å². The first kappa shape index (κ1) is 26.5. The van der Waals surface area contributed by atoms with E-state index in [0.29, 0.717) is 0 Å². The number of hydrogen-bond acceptors (Lipinski definition) is 3. The van der Waals surface area contributed by atoms with Gasteiger partial charge in [-0.25, -0.2) is 9.97 Å². The van der Waals surface area contributed by atoms with Crippen LogP contribution in [-0.2, 0) is 5.41 Å². The molecule has 11 rings (SSSR count). The topological polar surface area (TPSA) is 39.9 Å². The van der Waals surface area contributed by atoms with Crippen LogP contribution in [0.3, 0.4) is 0 Å². The van der Waals surface area contributed by atoms with E-state index < -0.39 is 5.41 Å². The van der Waals surface area contributed by atoms with Crippen molar-refractivity contribution >= 4 is 32.8 Å². The molecule has 0 saturated heterocycles. The van der Waals surface area contributed by atoms with Crippen LogP contribution in [0.2, 0.25) is 0 Å². The summed E-state index contributed by atoms with van der Waals surface area (Å²) in [5.41, 5.74) is 12.5. The molecule has 4 nitrogen and oxygen atoms in total. The largest absolute Gasteiger partial charge is 0.457 e. The fourth-order valence-electron chi connectivity index (χ4n) is 8.55. The van der Waals surface area contributed by atoms with E-state index in [4.69, 9.17) is 14.7 Å². The van der Waals surface area contributed by atoms with Gasteiger partial charge in [-0.05, 0) is 47.0 Å². The van der Waals surface area contributed by atoms with Crippen LogP contribution < -0.4 is 4.74 Å². The van der Waals surface area contributed by atoms with E-state index in [1.807, 2.05) is 24.3 Å². The van der Waals surface area contributed by atoms with Crippen molar-refractivity contribution in [2.45, 2.75) is 5.41 Å². The predicted molar refractivity (Wildman–Crippen MR) is 197 cm³/mol. The van der Waals surface area contributed by atoms with Crippen molar-refractivity contribution in [2.24, 2.45) is 0 Å². The first-order valence-electron chi connectivity index (χ1n) is 16.7. The van der Waals surface area contributed by atoms with Gasteiger partial charge in [0.05, 0.1) is 27.5 Å². The van der Waals surface area contributed by atoms with E-state index in [0.717, 1.165) is 61.8 Å². The lowest BCUT2D eigenvalue weighted by molar-refractivity contribution is 0.436. The summed E-state index contributed by atoms with van der Waals surface area (Å²) in [7, 11) is 0. The summed E-state index contributed by atoms with van der Waals surface area (Å²) in [5, 5.41) is 2.37. The third-order valence-electron chi connectivity index (χ3n) is 10.5. The van der Waals surface area contributed by atoms with Crippen LogP contribution in [0.5, 0.6) is 11.5 Å². The van der Waals surface area contributed by atoms with Crippen LogP contribution in [0.1, 0.15) is 22.3 Å². The summed E-state index contributed by atoms with van der Waals surface area (Å²) in [6, 6.07) is 57.9. The first-order valence-corrected chi connectivity index (χ1v) is 16.7. The highest BCUT2D eigenvalue weighted by atomic mass is 16.5. The van der Waals surface area contributed by atoms with Gasteiger partial charge in [0, 0.05) is 33.0 Å². The lowest BCUT2D eigenvalue weighted by Gasteiger charge is -2.39. The standard InChI is InChI=1S/C45H27N3O/c1-2-14-28(15-3-1)42-44(47-37-22-10-9-21-36(37)46-42)48-38-23-11-5-16-29(38)30-26-27-35-41(43(30)48)31-17-4-6-18-32(31)45(35)33-19-7-12-24-39(33)49-40-25-13-8-20-34(40)45/h1-27H. The van der Waals surface area contributed by atoms with Gasteiger partial charge in [0.25, 0.3) is 0 Å². The number of benzene rings is 7. The number of aromatic nitrogens is 3. The zero-order chi connectivity index (χ0) is 32.1. The summed E-state index contributed by atoms with van der Waals surface area (Å²) >= 11 is 0. The fourth-order valence-corrected chi connectivity index (χ4v) is 8.55. The molecule has 1 aliphatic carbocycles. The van der Waals surface area contributed by atoms with E-state index in [2.05, 4.69) is 144 Å². The Morgan fingerprint density at radius 2 is 1.08 bits per heavy atom. The quantitative estimate of drug-likeness (QED) is 0.192. The average molecular weight is 626 g/mol. The second-order valence-corrected chi connectivity index (χ2v) is 12.9. The van der Waals surface area contributed by atoms with Crippen LogP contribution in [0, 0.1) is 0 Å². The smallest absolute Gasteiger partial charge is 0.165 e. The minimum absolute atomic E-state index is 0.565. The number of ether oxygens (including phenoxy) is 1. The van der Waals surface area contributed by atoms with Crippen molar-refractivity contribution in [3.63, 3.8) is 0 Å². The summed E-state index contributed by atoms with van der Waals surface area (Å²) < 4.78 is 8.98. The maximum Gasteiger partial charge on any atom is 0.165 e. The van der Waals surface area contributed by atoms with Crippen LogP contribution in [0.25, 0.3) is 61.0 Å². The Morgan fingerprint density at radius 1 is 0.469 bits per heavy atom. The third kappa shape index (κ3) is 3.42. The van der Waals surface area contributed by atoms with Crippen LogP contribution >= 0.6 is 0 Å². The van der Waals surface area contributed by atoms with Crippen LogP contribution in [0.4, 0.5) is 0 Å². The highest BCUT2D eigenvalue weighted by Gasteiger charge is 2.51. The normalized spacial score (nSPS) is 13.6. The Kier molecular flexibility index (Phi) is 5.28. The van der Waals surface area contributed by atoms with Gasteiger partial charge in [-0.1, -0.05) is 133 Å². The Hall–Kier alpha value is -6.52. The summed E-state index contributed by atoms with van der Waals surface area (Å²) in [4.78, 5) is 10.7. The van der Waals surface area contributed by atoms with E-state index in [9.17, 15) is 0 Å². The molecule has 4 heteroatoms. The Labute approximate surface area is 282 Å². The van der Waals surface area contributed by atoms with Crippen LogP contribution in [0.15, 0.2) is 164 Å². The maximum absolute atomic E-state index is 6.60. The molecule has 0 radical (unpaired) electrons. The van der Waals surface area contributed by atoms with Gasteiger partial charge in [-0.2, -0.15) is 0 Å². The molecule has 1 spiro atoms. The molecule has 0 amide bonds. The molecule has 9 aromatic rings. The second kappa shape index (κ2) is 9.75. The van der Waals surface area contributed by atoms with E-state index in [1.54, 1.807) is 0 Å². The molecule has 0 bridgehead atoms. The van der Waals surface area contributed by atoms with Crippen molar-refractivity contribution in [3.05, 3.63) is 186 Å². The Bertz CT molecular complexity index is 2770.